The molecule has 2 aliphatic heterocycles. The zero-order chi connectivity index (χ0) is 9.80. The Bertz CT molecular complexity index is 244. The van der Waals surface area contributed by atoms with Gasteiger partial charge in [0.05, 0.1) is 11.9 Å². The van der Waals surface area contributed by atoms with Gasteiger partial charge in [0.1, 0.15) is 0 Å². The van der Waals surface area contributed by atoms with E-state index in [4.69, 9.17) is 5.73 Å². The molecule has 0 saturated carbocycles. The molecule has 78 valence electrons. The summed E-state index contributed by atoms with van der Waals surface area (Å²) in [5, 5.41) is 8.47. The molecule has 14 heavy (non-hydrogen) atoms. The number of hydrogen-bond acceptors (Lipinski definition) is 4. The highest BCUT2D eigenvalue weighted by Gasteiger charge is 2.25. The number of H-pyrrole nitrogens is 1. The molecule has 2 bridgehead atoms. The molecule has 3 rings (SSSR count). The van der Waals surface area contributed by atoms with Crippen LogP contribution in [-0.4, -0.2) is 34.8 Å². The Morgan fingerprint density at radius 2 is 2.43 bits per heavy atom. The van der Waals surface area contributed by atoms with Gasteiger partial charge in [0, 0.05) is 25.8 Å². The van der Waals surface area contributed by atoms with Crippen molar-refractivity contribution in [2.45, 2.75) is 12.8 Å². The van der Waals surface area contributed by atoms with Gasteiger partial charge < -0.3 is 5.73 Å². The van der Waals surface area contributed by atoms with Crippen LogP contribution in [0.1, 0.15) is 12.8 Å². The van der Waals surface area contributed by atoms with Gasteiger partial charge >= 0.3 is 0 Å². The minimum atomic E-state index is 0.676. The van der Waals surface area contributed by atoms with Gasteiger partial charge in [-0.2, -0.15) is 5.10 Å². The largest absolute Gasteiger partial charge is 0.396 e. The summed E-state index contributed by atoms with van der Waals surface area (Å²) in [6.45, 7) is 3.80. The average Bonchev–Trinajstić information content (AvgIpc) is 2.78. The number of nitrogens with two attached hydrogens (primary N) is 1. The first-order valence-corrected chi connectivity index (χ1v) is 5.07. The highest BCUT2D eigenvalue weighted by atomic mass is 15.5. The van der Waals surface area contributed by atoms with E-state index in [9.17, 15) is 0 Å². The molecule has 2 fully saturated rings. The average molecular weight is 195 g/mol. The van der Waals surface area contributed by atoms with Gasteiger partial charge in [-0.15, -0.1) is 0 Å². The number of nitrogens with one attached hydrogen (secondary N) is 2. The summed E-state index contributed by atoms with van der Waals surface area (Å²) < 4.78 is 0. The summed E-state index contributed by atoms with van der Waals surface area (Å²) in [6, 6.07) is 0. The molecule has 3 heterocycles. The second-order valence-electron chi connectivity index (χ2n) is 3.83. The van der Waals surface area contributed by atoms with E-state index >= 15 is 0 Å². The molecular weight excluding hydrogens is 178 g/mol. The highest BCUT2D eigenvalue weighted by molar-refractivity contribution is 5.29. The molecule has 0 amide bonds. The van der Waals surface area contributed by atoms with Crippen molar-refractivity contribution >= 4 is 5.69 Å². The van der Waals surface area contributed by atoms with Crippen molar-refractivity contribution < 1.29 is 0 Å². The number of hydrazine groups is 1. The maximum atomic E-state index is 5.18. The normalized spacial score (nSPS) is 29.4. The Balaban J connectivity index is 0.000000112. The Hall–Kier alpha value is -1.07. The summed E-state index contributed by atoms with van der Waals surface area (Å²) in [7, 11) is 0. The fourth-order valence-electron chi connectivity index (χ4n) is 1.90. The lowest BCUT2D eigenvalue weighted by molar-refractivity contribution is 0.190. The van der Waals surface area contributed by atoms with Gasteiger partial charge in [0.2, 0.25) is 0 Å². The molecule has 2 aliphatic rings. The molecule has 1 aromatic rings. The molecule has 5 heteroatoms. The second kappa shape index (κ2) is 4.43. The van der Waals surface area contributed by atoms with E-state index in [1.165, 1.54) is 32.5 Å². The van der Waals surface area contributed by atoms with Crippen molar-refractivity contribution in [3.05, 3.63) is 12.4 Å². The summed E-state index contributed by atoms with van der Waals surface area (Å²) in [4.78, 5) is 0. The lowest BCUT2D eigenvalue weighted by Gasteiger charge is -2.22. The predicted molar refractivity (Wildman–Crippen MR) is 55.3 cm³/mol. The molecule has 0 aliphatic carbocycles. The molecule has 0 radical (unpaired) electrons. The van der Waals surface area contributed by atoms with Gasteiger partial charge in [0.15, 0.2) is 0 Å². The van der Waals surface area contributed by atoms with E-state index in [0.717, 1.165) is 5.92 Å². The fraction of sp³-hybridized carbons (Fsp3) is 0.667. The summed E-state index contributed by atoms with van der Waals surface area (Å²) in [5.74, 6) is 1.02. The van der Waals surface area contributed by atoms with E-state index in [-0.39, 0.29) is 0 Å². The van der Waals surface area contributed by atoms with E-state index in [1.807, 2.05) is 0 Å². The third-order valence-electron chi connectivity index (χ3n) is 2.69. The lowest BCUT2D eigenvalue weighted by Crippen LogP contribution is -2.40. The Morgan fingerprint density at radius 1 is 1.50 bits per heavy atom. The summed E-state index contributed by atoms with van der Waals surface area (Å²) >= 11 is 0. The number of aromatic nitrogens is 2. The number of aromatic amines is 1. The third-order valence-corrected chi connectivity index (χ3v) is 2.69. The van der Waals surface area contributed by atoms with Crippen LogP contribution in [0.5, 0.6) is 0 Å². The van der Waals surface area contributed by atoms with Crippen molar-refractivity contribution in [2.75, 3.05) is 25.4 Å². The van der Waals surface area contributed by atoms with Crippen LogP contribution < -0.4 is 11.2 Å². The topological polar surface area (TPSA) is 70.0 Å². The molecule has 4 N–H and O–H groups in total. The van der Waals surface area contributed by atoms with Crippen molar-refractivity contribution in [1.82, 2.24) is 20.6 Å². The number of fused-ring (bicyclic) bond motifs is 2. The van der Waals surface area contributed by atoms with Gasteiger partial charge in [-0.3, -0.25) is 10.5 Å². The van der Waals surface area contributed by atoms with Gasteiger partial charge in [-0.05, 0) is 18.8 Å². The lowest BCUT2D eigenvalue weighted by atomic mass is 10.1. The van der Waals surface area contributed by atoms with Crippen LogP contribution in [0.15, 0.2) is 12.4 Å². The maximum Gasteiger partial charge on any atom is 0.0717 e. The van der Waals surface area contributed by atoms with Crippen LogP contribution in [0.3, 0.4) is 0 Å². The third kappa shape index (κ3) is 2.46. The molecule has 2 saturated heterocycles. The van der Waals surface area contributed by atoms with Crippen LogP contribution >= 0.6 is 0 Å². The minimum absolute atomic E-state index is 0.676. The number of anilines is 1. The summed E-state index contributed by atoms with van der Waals surface area (Å²) in [5.41, 5.74) is 9.20. The van der Waals surface area contributed by atoms with Crippen LogP contribution in [0.4, 0.5) is 5.69 Å². The Labute approximate surface area is 83.6 Å². The van der Waals surface area contributed by atoms with Crippen molar-refractivity contribution in [1.29, 1.82) is 0 Å². The van der Waals surface area contributed by atoms with Gasteiger partial charge in [0.25, 0.3) is 0 Å². The van der Waals surface area contributed by atoms with Crippen LogP contribution in [0.25, 0.3) is 0 Å². The van der Waals surface area contributed by atoms with Crippen molar-refractivity contribution in [2.24, 2.45) is 5.92 Å². The van der Waals surface area contributed by atoms with E-state index in [0.29, 0.717) is 5.69 Å². The number of rotatable bonds is 0. The molecule has 5 nitrogen and oxygen atoms in total. The first kappa shape index (κ1) is 9.48. The van der Waals surface area contributed by atoms with Crippen LogP contribution in [0, 0.1) is 5.92 Å². The maximum absolute atomic E-state index is 5.18. The SMILES string of the molecule is C1CC2CCN(C2)N1.Nc1cn[nH]c1. The zero-order valence-electron chi connectivity index (χ0n) is 8.24. The zero-order valence-corrected chi connectivity index (χ0v) is 8.24. The van der Waals surface area contributed by atoms with Crippen molar-refractivity contribution in [3.8, 4) is 0 Å². The smallest absolute Gasteiger partial charge is 0.0717 e. The van der Waals surface area contributed by atoms with Gasteiger partial charge in [-0.25, -0.2) is 5.01 Å². The number of hydrogen-bond donors (Lipinski definition) is 3. The Morgan fingerprint density at radius 3 is 2.93 bits per heavy atom. The quantitative estimate of drug-likeness (QED) is 0.553. The van der Waals surface area contributed by atoms with Crippen LogP contribution in [-0.2, 0) is 0 Å². The second-order valence-corrected chi connectivity index (χ2v) is 3.83. The fourth-order valence-corrected chi connectivity index (χ4v) is 1.90. The first-order chi connectivity index (χ1) is 6.84. The minimum Gasteiger partial charge on any atom is -0.396 e. The van der Waals surface area contributed by atoms with E-state index in [2.05, 4.69) is 20.6 Å². The molecular formula is C9H17N5. The number of nitrogen functional groups attached to an aromatic ring is 1. The van der Waals surface area contributed by atoms with E-state index < -0.39 is 0 Å². The van der Waals surface area contributed by atoms with Crippen molar-refractivity contribution in [3.63, 3.8) is 0 Å². The molecule has 1 aromatic heterocycles. The summed E-state index contributed by atoms with van der Waals surface area (Å²) in [6.07, 6.45) is 6.00. The highest BCUT2D eigenvalue weighted by Crippen LogP contribution is 2.20. The molecule has 2 atom stereocenters. The predicted octanol–water partition coefficient (Wildman–Crippen LogP) is 0.209. The molecule has 0 spiro atoms. The van der Waals surface area contributed by atoms with Crippen LogP contribution in [0.2, 0.25) is 0 Å². The molecule has 0 aromatic carbocycles. The Kier molecular flexibility index (Phi) is 3.00. The monoisotopic (exact) mass is 195 g/mol. The van der Waals surface area contributed by atoms with Gasteiger partial charge in [-0.1, -0.05) is 0 Å². The van der Waals surface area contributed by atoms with E-state index in [1.54, 1.807) is 12.4 Å². The first-order valence-electron chi connectivity index (χ1n) is 5.07. The standard InChI is InChI=1S/C6H12N2.C3H5N3/c1-3-7-8-4-2-6(1)5-8;4-3-1-5-6-2-3/h6-7H,1-5H2;1-2H,4H2,(H,5,6). The number of nitrogens with zero attached hydrogens (tertiary/aromatic N) is 2. The molecule has 2 unspecified atom stereocenters.